The zero-order valence-electron chi connectivity index (χ0n) is 15.2. The summed E-state index contributed by atoms with van der Waals surface area (Å²) in [7, 11) is 1.67. The Morgan fingerprint density at radius 2 is 2.11 bits per heavy atom. The smallest absolute Gasteiger partial charge is 0.254 e. The lowest BCUT2D eigenvalue weighted by Gasteiger charge is -2.25. The number of hydrogen-bond donors (Lipinski definition) is 0. The molecule has 0 N–H and O–H groups in total. The molecule has 0 aliphatic carbocycles. The van der Waals surface area contributed by atoms with Crippen LogP contribution < -0.4 is 4.74 Å². The minimum atomic E-state index is 0.0808. The van der Waals surface area contributed by atoms with Crippen LogP contribution in [-0.2, 0) is 6.42 Å². The highest BCUT2D eigenvalue weighted by Crippen LogP contribution is 2.26. The summed E-state index contributed by atoms with van der Waals surface area (Å²) in [6.45, 7) is 0.796. The summed E-state index contributed by atoms with van der Waals surface area (Å²) in [5, 5.41) is 1.38. The highest BCUT2D eigenvalue weighted by molar-refractivity contribution is 6.29. The number of carbonyl (C=O) groups is 1. The third-order valence-corrected chi connectivity index (χ3v) is 5.36. The lowest BCUT2D eigenvalue weighted by Crippen LogP contribution is -2.36. The van der Waals surface area contributed by atoms with E-state index in [0.29, 0.717) is 10.7 Å². The van der Waals surface area contributed by atoms with Crippen molar-refractivity contribution in [3.63, 3.8) is 0 Å². The van der Waals surface area contributed by atoms with Gasteiger partial charge in [-0.3, -0.25) is 4.79 Å². The predicted molar refractivity (Wildman–Crippen MR) is 108 cm³/mol. The molecule has 2 aromatic carbocycles. The minimum absolute atomic E-state index is 0.0808. The average molecular weight is 381 g/mol. The number of nitrogens with zero attached hydrogens (tertiary/aromatic N) is 2. The number of amides is 1. The van der Waals surface area contributed by atoms with Gasteiger partial charge in [-0.1, -0.05) is 23.7 Å². The van der Waals surface area contributed by atoms with Gasteiger partial charge in [0.25, 0.3) is 5.91 Å². The third kappa shape index (κ3) is 3.76. The van der Waals surface area contributed by atoms with Gasteiger partial charge in [0, 0.05) is 23.5 Å². The van der Waals surface area contributed by atoms with Crippen molar-refractivity contribution in [3.8, 4) is 5.75 Å². The maximum Gasteiger partial charge on any atom is 0.254 e. The summed E-state index contributed by atoms with van der Waals surface area (Å²) in [6.07, 6.45) is 2.90. The molecule has 1 fully saturated rings. The zero-order chi connectivity index (χ0) is 18.8. The van der Waals surface area contributed by atoms with Crippen LogP contribution in [0.1, 0.15) is 28.8 Å². The number of pyridine rings is 1. The van der Waals surface area contributed by atoms with E-state index >= 15 is 0 Å². The molecule has 1 amide bonds. The number of hydrogen-bond acceptors (Lipinski definition) is 3. The number of rotatable bonds is 4. The molecule has 5 heteroatoms. The van der Waals surface area contributed by atoms with Crippen molar-refractivity contribution >= 4 is 28.4 Å². The first-order valence-corrected chi connectivity index (χ1v) is 9.52. The fourth-order valence-corrected chi connectivity index (χ4v) is 3.94. The van der Waals surface area contributed by atoms with Gasteiger partial charge in [0.05, 0.1) is 12.6 Å². The fourth-order valence-electron chi connectivity index (χ4n) is 3.79. The Kier molecular flexibility index (Phi) is 4.99. The maximum atomic E-state index is 13.1. The molecule has 1 unspecified atom stereocenters. The molecule has 0 spiro atoms. The molecular weight excluding hydrogens is 360 g/mol. The van der Waals surface area contributed by atoms with Crippen molar-refractivity contribution in [1.82, 2.24) is 9.88 Å². The Hall–Kier alpha value is -2.59. The zero-order valence-corrected chi connectivity index (χ0v) is 15.9. The number of likely N-dealkylation sites (tertiary alicyclic amines) is 1. The van der Waals surface area contributed by atoms with Crippen molar-refractivity contribution < 1.29 is 9.53 Å². The second-order valence-corrected chi connectivity index (χ2v) is 7.28. The van der Waals surface area contributed by atoms with Crippen molar-refractivity contribution in [1.29, 1.82) is 0 Å². The number of carbonyl (C=O) groups excluding carboxylic acids is 1. The van der Waals surface area contributed by atoms with Crippen molar-refractivity contribution in [2.24, 2.45) is 0 Å². The Morgan fingerprint density at radius 3 is 2.96 bits per heavy atom. The molecule has 27 heavy (non-hydrogen) atoms. The van der Waals surface area contributed by atoms with Crippen LogP contribution in [0.3, 0.4) is 0 Å². The van der Waals surface area contributed by atoms with Gasteiger partial charge in [0.1, 0.15) is 10.9 Å². The van der Waals surface area contributed by atoms with Gasteiger partial charge >= 0.3 is 0 Å². The van der Waals surface area contributed by atoms with Gasteiger partial charge in [-0.15, -0.1) is 0 Å². The van der Waals surface area contributed by atoms with E-state index < -0.39 is 0 Å². The molecule has 3 aromatic rings. The van der Waals surface area contributed by atoms with Crippen molar-refractivity contribution in [2.75, 3.05) is 13.7 Å². The Morgan fingerprint density at radius 1 is 1.22 bits per heavy atom. The standard InChI is InChI=1S/C22H21ClN2O2/c1-27-19-6-2-4-15(13-19)12-18-5-3-11-25(18)22(26)17-7-9-20-16(14-17)8-10-21(23)24-20/h2,4,6-10,13-14,18H,3,5,11-12H2,1H3. The Bertz CT molecular complexity index is 989. The predicted octanol–water partition coefficient (Wildman–Crippen LogP) is 4.74. The SMILES string of the molecule is COc1cccc(CC2CCCN2C(=O)c2ccc3nc(Cl)ccc3c2)c1. The summed E-state index contributed by atoms with van der Waals surface area (Å²) in [6, 6.07) is 17.6. The molecular formula is C22H21ClN2O2. The van der Waals surface area contributed by atoms with E-state index in [1.807, 2.05) is 47.4 Å². The van der Waals surface area contributed by atoms with Gasteiger partial charge < -0.3 is 9.64 Å². The molecule has 0 bridgehead atoms. The van der Waals surface area contributed by atoms with Crippen LogP contribution in [0.4, 0.5) is 0 Å². The Labute approximate surface area is 163 Å². The molecule has 0 saturated carbocycles. The van der Waals surface area contributed by atoms with Crippen LogP contribution in [0.15, 0.2) is 54.6 Å². The quantitative estimate of drug-likeness (QED) is 0.614. The molecule has 0 radical (unpaired) electrons. The number of methoxy groups -OCH3 is 1. The van der Waals surface area contributed by atoms with E-state index in [0.717, 1.165) is 42.5 Å². The second-order valence-electron chi connectivity index (χ2n) is 6.89. The van der Waals surface area contributed by atoms with Crippen LogP contribution in [0, 0.1) is 0 Å². The molecule has 1 aliphatic heterocycles. The number of halogens is 1. The number of ether oxygens (including phenoxy) is 1. The number of fused-ring (bicyclic) bond motifs is 1. The molecule has 1 aliphatic rings. The fraction of sp³-hybridized carbons (Fsp3) is 0.273. The van der Waals surface area contributed by atoms with Crippen molar-refractivity contribution in [3.05, 3.63) is 70.9 Å². The highest BCUT2D eigenvalue weighted by Gasteiger charge is 2.29. The topological polar surface area (TPSA) is 42.4 Å². The summed E-state index contributed by atoms with van der Waals surface area (Å²) >= 11 is 5.95. The van der Waals surface area contributed by atoms with E-state index in [1.54, 1.807) is 13.2 Å². The lowest BCUT2D eigenvalue weighted by atomic mass is 10.0. The van der Waals surface area contributed by atoms with Crippen molar-refractivity contribution in [2.45, 2.75) is 25.3 Å². The van der Waals surface area contributed by atoms with E-state index in [-0.39, 0.29) is 11.9 Å². The molecule has 4 rings (SSSR count). The first kappa shape index (κ1) is 17.8. The monoisotopic (exact) mass is 380 g/mol. The normalized spacial score (nSPS) is 16.7. The maximum absolute atomic E-state index is 13.1. The number of benzene rings is 2. The van der Waals surface area contributed by atoms with Gasteiger partial charge in [-0.25, -0.2) is 4.98 Å². The van der Waals surface area contributed by atoms with Crippen LogP contribution >= 0.6 is 11.6 Å². The largest absolute Gasteiger partial charge is 0.497 e. The highest BCUT2D eigenvalue weighted by atomic mass is 35.5. The molecule has 2 heterocycles. The lowest BCUT2D eigenvalue weighted by molar-refractivity contribution is 0.0736. The van der Waals surface area contributed by atoms with Gasteiger partial charge in [0.15, 0.2) is 0 Å². The minimum Gasteiger partial charge on any atom is -0.497 e. The average Bonchev–Trinajstić information content (AvgIpc) is 3.15. The van der Waals surface area contributed by atoms with Crippen LogP contribution in [0.5, 0.6) is 5.75 Å². The summed E-state index contributed by atoms with van der Waals surface area (Å²) in [5.74, 6) is 0.932. The van der Waals surface area contributed by atoms with E-state index in [2.05, 4.69) is 11.1 Å². The molecule has 4 nitrogen and oxygen atoms in total. The Balaban J connectivity index is 1.55. The molecule has 1 saturated heterocycles. The van der Waals surface area contributed by atoms with Gasteiger partial charge in [0.2, 0.25) is 0 Å². The van der Waals surface area contributed by atoms with Crippen LogP contribution in [-0.4, -0.2) is 35.5 Å². The first-order chi connectivity index (χ1) is 13.1. The summed E-state index contributed by atoms with van der Waals surface area (Å²) in [4.78, 5) is 19.4. The summed E-state index contributed by atoms with van der Waals surface area (Å²) < 4.78 is 5.32. The van der Waals surface area contributed by atoms with E-state index in [4.69, 9.17) is 16.3 Å². The van der Waals surface area contributed by atoms with Gasteiger partial charge in [-0.2, -0.15) is 0 Å². The summed E-state index contributed by atoms with van der Waals surface area (Å²) in [5.41, 5.74) is 2.69. The van der Waals surface area contributed by atoms with Gasteiger partial charge in [-0.05, 0) is 67.3 Å². The molecule has 1 atom stereocenters. The third-order valence-electron chi connectivity index (χ3n) is 5.15. The number of aromatic nitrogens is 1. The molecule has 138 valence electrons. The van der Waals surface area contributed by atoms with Crippen LogP contribution in [0.2, 0.25) is 5.15 Å². The van der Waals surface area contributed by atoms with E-state index in [9.17, 15) is 4.79 Å². The first-order valence-electron chi connectivity index (χ1n) is 9.14. The second kappa shape index (κ2) is 7.57. The van der Waals surface area contributed by atoms with E-state index in [1.165, 1.54) is 5.56 Å². The van der Waals surface area contributed by atoms with Crippen LogP contribution in [0.25, 0.3) is 10.9 Å². The molecule has 1 aromatic heterocycles.